The smallest absolute Gasteiger partial charge is 0.219 e. The van der Waals surface area contributed by atoms with Gasteiger partial charge in [-0.05, 0) is 48.7 Å². The molecule has 0 N–H and O–H groups in total. The lowest BCUT2D eigenvalue weighted by atomic mass is 10.1. The van der Waals surface area contributed by atoms with Gasteiger partial charge in [0.05, 0.1) is 0 Å². The zero-order valence-electron chi connectivity index (χ0n) is 9.90. The highest BCUT2D eigenvalue weighted by atomic mass is 35.5. The molecule has 0 aliphatic heterocycles. The molecule has 0 fully saturated rings. The van der Waals surface area contributed by atoms with Crippen LogP contribution in [-0.4, -0.2) is 4.98 Å². The van der Waals surface area contributed by atoms with Crippen LogP contribution in [0.5, 0.6) is 11.6 Å². The number of aromatic nitrogens is 1. The van der Waals surface area contributed by atoms with Crippen LogP contribution in [0.15, 0.2) is 36.5 Å². The van der Waals surface area contributed by atoms with E-state index in [0.717, 1.165) is 11.3 Å². The lowest BCUT2D eigenvalue weighted by Gasteiger charge is -2.07. The molecule has 0 aliphatic carbocycles. The van der Waals surface area contributed by atoms with Gasteiger partial charge in [0.2, 0.25) is 5.88 Å². The Bertz CT molecular complexity index is 525. The van der Waals surface area contributed by atoms with Gasteiger partial charge < -0.3 is 4.74 Å². The first-order chi connectivity index (χ1) is 8.19. The molecule has 0 radical (unpaired) electrons. The van der Waals surface area contributed by atoms with Crippen LogP contribution in [0.1, 0.15) is 16.7 Å². The second kappa shape index (κ2) is 5.19. The van der Waals surface area contributed by atoms with Gasteiger partial charge in [-0.3, -0.25) is 0 Å². The fourth-order valence-electron chi connectivity index (χ4n) is 1.49. The van der Waals surface area contributed by atoms with Gasteiger partial charge in [-0.15, -0.1) is 11.6 Å². The Balaban J connectivity index is 2.22. The average molecular weight is 248 g/mol. The van der Waals surface area contributed by atoms with E-state index in [1.54, 1.807) is 6.20 Å². The first-order valence-electron chi connectivity index (χ1n) is 5.45. The standard InChI is InChI=1S/C14H14ClNO/c1-10-3-4-13(7-11(10)2)17-14-8-12(9-15)5-6-16-14/h3-8H,9H2,1-2H3. The molecular weight excluding hydrogens is 234 g/mol. The van der Waals surface area contributed by atoms with Crippen molar-refractivity contribution in [2.75, 3.05) is 0 Å². The van der Waals surface area contributed by atoms with Gasteiger partial charge in [0.25, 0.3) is 0 Å². The summed E-state index contributed by atoms with van der Waals surface area (Å²) in [6, 6.07) is 9.71. The molecule has 0 amide bonds. The fraction of sp³-hybridized carbons (Fsp3) is 0.214. The minimum atomic E-state index is 0.464. The van der Waals surface area contributed by atoms with Crippen LogP contribution in [-0.2, 0) is 5.88 Å². The first-order valence-corrected chi connectivity index (χ1v) is 5.98. The summed E-state index contributed by atoms with van der Waals surface area (Å²) >= 11 is 5.76. The minimum Gasteiger partial charge on any atom is -0.439 e. The molecule has 88 valence electrons. The van der Waals surface area contributed by atoms with E-state index < -0.39 is 0 Å². The molecule has 0 bridgehead atoms. The van der Waals surface area contributed by atoms with E-state index in [2.05, 4.69) is 18.8 Å². The van der Waals surface area contributed by atoms with E-state index in [1.807, 2.05) is 30.3 Å². The Labute approximate surface area is 106 Å². The van der Waals surface area contributed by atoms with Crippen molar-refractivity contribution < 1.29 is 4.74 Å². The van der Waals surface area contributed by atoms with Gasteiger partial charge in [-0.25, -0.2) is 4.98 Å². The van der Waals surface area contributed by atoms with E-state index in [4.69, 9.17) is 16.3 Å². The SMILES string of the molecule is Cc1ccc(Oc2cc(CCl)ccn2)cc1C. The molecule has 0 saturated carbocycles. The zero-order chi connectivity index (χ0) is 12.3. The Morgan fingerprint density at radius 3 is 2.65 bits per heavy atom. The van der Waals surface area contributed by atoms with Gasteiger partial charge in [0, 0.05) is 18.1 Å². The van der Waals surface area contributed by atoms with Gasteiger partial charge in [0.1, 0.15) is 5.75 Å². The summed E-state index contributed by atoms with van der Waals surface area (Å²) in [5.41, 5.74) is 3.45. The van der Waals surface area contributed by atoms with Crippen LogP contribution >= 0.6 is 11.6 Å². The molecule has 0 aliphatic rings. The molecule has 2 nitrogen and oxygen atoms in total. The third-order valence-corrected chi connectivity index (χ3v) is 2.96. The third-order valence-electron chi connectivity index (χ3n) is 2.65. The van der Waals surface area contributed by atoms with Crippen molar-refractivity contribution in [3.8, 4) is 11.6 Å². The normalized spacial score (nSPS) is 10.3. The number of hydrogen-bond acceptors (Lipinski definition) is 2. The molecular formula is C14H14ClNO. The number of benzene rings is 1. The van der Waals surface area contributed by atoms with Crippen LogP contribution in [0.2, 0.25) is 0 Å². The van der Waals surface area contributed by atoms with E-state index in [1.165, 1.54) is 11.1 Å². The number of pyridine rings is 1. The van der Waals surface area contributed by atoms with Crippen LogP contribution in [0.3, 0.4) is 0 Å². The number of nitrogens with zero attached hydrogens (tertiary/aromatic N) is 1. The van der Waals surface area contributed by atoms with Crippen LogP contribution < -0.4 is 4.74 Å². The number of ether oxygens (including phenoxy) is 1. The summed E-state index contributed by atoms with van der Waals surface area (Å²) in [4.78, 5) is 4.15. The zero-order valence-corrected chi connectivity index (χ0v) is 10.7. The molecule has 17 heavy (non-hydrogen) atoms. The Hall–Kier alpha value is -1.54. The number of hydrogen-bond donors (Lipinski definition) is 0. The second-order valence-corrected chi connectivity index (χ2v) is 4.25. The highest BCUT2D eigenvalue weighted by Gasteiger charge is 2.01. The third kappa shape index (κ3) is 2.98. The summed E-state index contributed by atoms with van der Waals surface area (Å²) in [6.07, 6.45) is 1.70. The van der Waals surface area contributed by atoms with Crippen molar-refractivity contribution in [1.82, 2.24) is 4.98 Å². The van der Waals surface area contributed by atoms with Crippen molar-refractivity contribution in [2.24, 2.45) is 0 Å². The number of aryl methyl sites for hydroxylation is 2. The lowest BCUT2D eigenvalue weighted by Crippen LogP contribution is -1.90. The second-order valence-electron chi connectivity index (χ2n) is 3.98. The minimum absolute atomic E-state index is 0.464. The number of alkyl halides is 1. The summed E-state index contributed by atoms with van der Waals surface area (Å²) in [7, 11) is 0. The average Bonchev–Trinajstić information content (AvgIpc) is 2.34. The molecule has 0 saturated heterocycles. The Morgan fingerprint density at radius 1 is 1.12 bits per heavy atom. The highest BCUT2D eigenvalue weighted by molar-refractivity contribution is 6.17. The number of halogens is 1. The molecule has 1 aromatic heterocycles. The Morgan fingerprint density at radius 2 is 1.94 bits per heavy atom. The number of rotatable bonds is 3. The van der Waals surface area contributed by atoms with Gasteiger partial charge >= 0.3 is 0 Å². The van der Waals surface area contributed by atoms with Crippen LogP contribution in [0.4, 0.5) is 0 Å². The van der Waals surface area contributed by atoms with E-state index in [9.17, 15) is 0 Å². The fourth-order valence-corrected chi connectivity index (χ4v) is 1.65. The first kappa shape index (κ1) is 11.9. The van der Waals surface area contributed by atoms with E-state index >= 15 is 0 Å². The van der Waals surface area contributed by atoms with E-state index in [-0.39, 0.29) is 0 Å². The molecule has 3 heteroatoms. The van der Waals surface area contributed by atoms with Crippen LogP contribution in [0.25, 0.3) is 0 Å². The highest BCUT2D eigenvalue weighted by Crippen LogP contribution is 2.22. The largest absolute Gasteiger partial charge is 0.439 e. The summed E-state index contributed by atoms with van der Waals surface area (Å²) in [5, 5.41) is 0. The van der Waals surface area contributed by atoms with Crippen molar-refractivity contribution in [3.63, 3.8) is 0 Å². The molecule has 0 atom stereocenters. The van der Waals surface area contributed by atoms with Crippen molar-refractivity contribution >= 4 is 11.6 Å². The van der Waals surface area contributed by atoms with Crippen LogP contribution in [0, 0.1) is 13.8 Å². The van der Waals surface area contributed by atoms with Crippen molar-refractivity contribution in [2.45, 2.75) is 19.7 Å². The lowest BCUT2D eigenvalue weighted by molar-refractivity contribution is 0.462. The van der Waals surface area contributed by atoms with Gasteiger partial charge in [-0.2, -0.15) is 0 Å². The summed E-state index contributed by atoms with van der Waals surface area (Å²) in [6.45, 7) is 4.14. The molecule has 0 spiro atoms. The molecule has 2 aromatic rings. The maximum absolute atomic E-state index is 5.76. The van der Waals surface area contributed by atoms with Crippen molar-refractivity contribution in [1.29, 1.82) is 0 Å². The summed E-state index contributed by atoms with van der Waals surface area (Å²) < 4.78 is 5.69. The molecule has 2 rings (SSSR count). The van der Waals surface area contributed by atoms with Gasteiger partial charge in [0.15, 0.2) is 0 Å². The van der Waals surface area contributed by atoms with Crippen molar-refractivity contribution in [3.05, 3.63) is 53.2 Å². The quantitative estimate of drug-likeness (QED) is 0.758. The predicted molar refractivity (Wildman–Crippen MR) is 69.8 cm³/mol. The molecule has 1 heterocycles. The Kier molecular flexibility index (Phi) is 3.64. The maximum Gasteiger partial charge on any atom is 0.219 e. The maximum atomic E-state index is 5.76. The molecule has 0 unspecified atom stereocenters. The monoisotopic (exact) mass is 247 g/mol. The van der Waals surface area contributed by atoms with E-state index in [0.29, 0.717) is 11.8 Å². The van der Waals surface area contributed by atoms with Gasteiger partial charge in [-0.1, -0.05) is 6.07 Å². The molecule has 1 aromatic carbocycles. The topological polar surface area (TPSA) is 22.1 Å². The predicted octanol–water partition coefficient (Wildman–Crippen LogP) is 4.23. The summed E-state index contributed by atoms with van der Waals surface area (Å²) in [5.74, 6) is 1.84.